The highest BCUT2D eigenvalue weighted by Gasteiger charge is 2.22. The summed E-state index contributed by atoms with van der Waals surface area (Å²) in [5.74, 6) is -0.982. The summed E-state index contributed by atoms with van der Waals surface area (Å²) in [6.45, 7) is 0.940. The minimum Gasteiger partial charge on any atom is -0.338 e. The average molecular weight is 398 g/mol. The molecule has 0 spiro atoms. The van der Waals surface area contributed by atoms with Crippen LogP contribution < -0.4 is 10.0 Å². The molecule has 0 bridgehead atoms. The van der Waals surface area contributed by atoms with Crippen LogP contribution in [-0.4, -0.2) is 34.7 Å². The van der Waals surface area contributed by atoms with Crippen molar-refractivity contribution in [3.05, 3.63) is 36.0 Å². The van der Waals surface area contributed by atoms with Crippen molar-refractivity contribution in [3.8, 4) is 11.4 Å². The number of aromatic nitrogens is 4. The van der Waals surface area contributed by atoms with Crippen molar-refractivity contribution < 1.29 is 22.1 Å². The summed E-state index contributed by atoms with van der Waals surface area (Å²) < 4.78 is 44.8. The Morgan fingerprint density at radius 2 is 2.08 bits per heavy atom. The Morgan fingerprint density at radius 1 is 1.31 bits per heavy atom. The first kappa shape index (κ1) is 18.0. The highest BCUT2D eigenvalue weighted by atomic mass is 32.2. The van der Waals surface area contributed by atoms with Crippen LogP contribution in [0.2, 0.25) is 0 Å². The number of hydrogen-bond acceptors (Lipinski definition) is 9. The van der Waals surface area contributed by atoms with Gasteiger partial charge >= 0.3 is 0 Å². The summed E-state index contributed by atoms with van der Waals surface area (Å²) in [7, 11) is -4.00. The van der Waals surface area contributed by atoms with Gasteiger partial charge in [-0.05, 0) is 12.1 Å². The summed E-state index contributed by atoms with van der Waals surface area (Å²) in [6.07, 6.45) is 0. The van der Waals surface area contributed by atoms with Gasteiger partial charge in [-0.15, -0.1) is 10.2 Å². The normalized spacial score (nSPS) is 11.5. The van der Waals surface area contributed by atoms with Crippen LogP contribution in [0.15, 0.2) is 33.1 Å². The summed E-state index contributed by atoms with van der Waals surface area (Å²) in [4.78, 5) is 14.9. The van der Waals surface area contributed by atoms with Crippen LogP contribution in [-0.2, 0) is 21.4 Å². The van der Waals surface area contributed by atoms with Gasteiger partial charge in [0.2, 0.25) is 27.1 Å². The summed E-state index contributed by atoms with van der Waals surface area (Å²) in [6, 6.07) is 5.85. The van der Waals surface area contributed by atoms with E-state index in [1.165, 1.54) is 25.1 Å². The zero-order chi connectivity index (χ0) is 18.7. The number of nitrogens with one attached hydrogen (secondary N) is 2. The molecule has 0 saturated carbocycles. The van der Waals surface area contributed by atoms with Crippen LogP contribution in [0.5, 0.6) is 0 Å². The molecule has 0 aliphatic heterocycles. The molecule has 2 N–H and O–H groups in total. The molecule has 0 unspecified atom stereocenters. The highest BCUT2D eigenvalue weighted by molar-refractivity contribution is 7.91. The number of hydrogen-bond donors (Lipinski definition) is 2. The van der Waals surface area contributed by atoms with E-state index >= 15 is 0 Å². The van der Waals surface area contributed by atoms with Crippen LogP contribution in [0, 0.1) is 5.82 Å². The molecule has 136 valence electrons. The molecule has 0 aliphatic rings. The van der Waals surface area contributed by atoms with E-state index in [0.717, 1.165) is 0 Å². The van der Waals surface area contributed by atoms with Crippen molar-refractivity contribution in [2.24, 2.45) is 0 Å². The minimum atomic E-state index is -4.00. The standard InChI is InChI=1S/C13H11FN6O4S2/c1-7(21)16-12-18-19-13(25-12)26(22,23)15-6-10-17-11(20-24-10)8-4-2-3-5-9(8)14/h2-5,15H,6H2,1H3,(H,16,18,21). The molecule has 2 aromatic heterocycles. The van der Waals surface area contributed by atoms with Crippen LogP contribution in [0.25, 0.3) is 11.4 Å². The Morgan fingerprint density at radius 3 is 2.81 bits per heavy atom. The predicted molar refractivity (Wildman–Crippen MR) is 87.9 cm³/mol. The van der Waals surface area contributed by atoms with Gasteiger partial charge in [0.1, 0.15) is 5.82 Å². The van der Waals surface area contributed by atoms with E-state index in [0.29, 0.717) is 11.3 Å². The Kier molecular flexibility index (Phi) is 5.01. The fourth-order valence-corrected chi connectivity index (χ4v) is 3.78. The molecule has 0 aliphatic carbocycles. The van der Waals surface area contributed by atoms with Crippen LogP contribution in [0.3, 0.4) is 0 Å². The maximum Gasteiger partial charge on any atom is 0.270 e. The largest absolute Gasteiger partial charge is 0.338 e. The first-order valence-corrected chi connectivity index (χ1v) is 9.33. The second kappa shape index (κ2) is 7.23. The fourth-order valence-electron chi connectivity index (χ4n) is 1.82. The molecule has 13 heteroatoms. The monoisotopic (exact) mass is 398 g/mol. The zero-order valence-corrected chi connectivity index (χ0v) is 14.8. The minimum absolute atomic E-state index is 0.00107. The average Bonchev–Trinajstić information content (AvgIpc) is 3.23. The first-order chi connectivity index (χ1) is 12.3. The number of anilines is 1. The molecule has 3 aromatic rings. The Hall–Kier alpha value is -2.77. The molecular formula is C13H11FN6O4S2. The summed E-state index contributed by atoms with van der Waals surface area (Å²) in [5, 5.41) is 13.1. The molecule has 0 saturated heterocycles. The van der Waals surface area contributed by atoms with E-state index in [1.807, 2.05) is 0 Å². The van der Waals surface area contributed by atoms with E-state index in [-0.39, 0.29) is 33.3 Å². The third kappa shape index (κ3) is 4.07. The van der Waals surface area contributed by atoms with E-state index in [2.05, 4.69) is 30.4 Å². The van der Waals surface area contributed by atoms with Gasteiger partial charge in [0.05, 0.1) is 12.1 Å². The lowest BCUT2D eigenvalue weighted by atomic mass is 10.2. The molecule has 3 rings (SSSR count). The smallest absolute Gasteiger partial charge is 0.270 e. The van der Waals surface area contributed by atoms with Crippen LogP contribution in [0.4, 0.5) is 9.52 Å². The fraction of sp³-hybridized carbons (Fsp3) is 0.154. The lowest BCUT2D eigenvalue weighted by molar-refractivity contribution is -0.114. The first-order valence-electron chi connectivity index (χ1n) is 7.03. The van der Waals surface area contributed by atoms with Gasteiger partial charge < -0.3 is 9.84 Å². The van der Waals surface area contributed by atoms with Gasteiger partial charge in [0.25, 0.3) is 10.0 Å². The van der Waals surface area contributed by atoms with E-state index in [4.69, 9.17) is 4.52 Å². The van der Waals surface area contributed by atoms with Crippen molar-refractivity contribution in [1.82, 2.24) is 25.1 Å². The number of benzene rings is 1. The zero-order valence-electron chi connectivity index (χ0n) is 13.1. The summed E-state index contributed by atoms with van der Waals surface area (Å²) in [5.41, 5.74) is 0.134. The maximum atomic E-state index is 13.7. The number of sulfonamides is 1. The van der Waals surface area contributed by atoms with Gasteiger partial charge in [0.15, 0.2) is 0 Å². The summed E-state index contributed by atoms with van der Waals surface area (Å²) >= 11 is 0.686. The van der Waals surface area contributed by atoms with E-state index in [1.54, 1.807) is 6.07 Å². The number of halogens is 1. The van der Waals surface area contributed by atoms with Gasteiger partial charge in [-0.3, -0.25) is 4.79 Å². The molecule has 10 nitrogen and oxygen atoms in total. The van der Waals surface area contributed by atoms with Crippen LogP contribution >= 0.6 is 11.3 Å². The van der Waals surface area contributed by atoms with Crippen molar-refractivity contribution in [1.29, 1.82) is 0 Å². The lowest BCUT2D eigenvalue weighted by Crippen LogP contribution is -2.23. The molecule has 1 amide bonds. The molecule has 0 atom stereocenters. The molecule has 2 heterocycles. The van der Waals surface area contributed by atoms with Crippen molar-refractivity contribution in [3.63, 3.8) is 0 Å². The number of amides is 1. The third-order valence-corrected chi connectivity index (χ3v) is 5.52. The Bertz CT molecular complexity index is 1050. The SMILES string of the molecule is CC(=O)Nc1nnc(S(=O)(=O)NCc2nc(-c3ccccc3F)no2)s1. The topological polar surface area (TPSA) is 140 Å². The van der Waals surface area contributed by atoms with Crippen molar-refractivity contribution in [2.45, 2.75) is 17.8 Å². The van der Waals surface area contributed by atoms with E-state index < -0.39 is 21.7 Å². The van der Waals surface area contributed by atoms with Gasteiger partial charge in [-0.2, -0.15) is 9.71 Å². The van der Waals surface area contributed by atoms with Gasteiger partial charge in [-0.1, -0.05) is 28.6 Å². The van der Waals surface area contributed by atoms with Gasteiger partial charge in [0, 0.05) is 6.92 Å². The highest BCUT2D eigenvalue weighted by Crippen LogP contribution is 2.21. The number of nitrogens with zero attached hydrogens (tertiary/aromatic N) is 4. The molecule has 26 heavy (non-hydrogen) atoms. The molecule has 0 fully saturated rings. The second-order valence-corrected chi connectivity index (χ2v) is 7.79. The molecular weight excluding hydrogens is 387 g/mol. The lowest BCUT2D eigenvalue weighted by Gasteiger charge is -1.99. The molecule has 0 radical (unpaired) electrons. The number of carbonyl (C=O) groups excluding carboxylic acids is 1. The third-order valence-electron chi connectivity index (χ3n) is 2.92. The Balaban J connectivity index is 1.70. The number of carbonyl (C=O) groups is 1. The quantitative estimate of drug-likeness (QED) is 0.590. The van der Waals surface area contributed by atoms with Gasteiger partial charge in [-0.25, -0.2) is 12.8 Å². The predicted octanol–water partition coefficient (Wildman–Crippen LogP) is 1.16. The number of rotatable bonds is 6. The second-order valence-electron chi connectivity index (χ2n) is 4.87. The van der Waals surface area contributed by atoms with E-state index in [9.17, 15) is 17.6 Å². The Labute approximate surface area is 150 Å². The van der Waals surface area contributed by atoms with Crippen molar-refractivity contribution in [2.75, 3.05) is 5.32 Å². The van der Waals surface area contributed by atoms with Crippen molar-refractivity contribution >= 4 is 32.4 Å². The molecule has 1 aromatic carbocycles. The van der Waals surface area contributed by atoms with Crippen LogP contribution in [0.1, 0.15) is 12.8 Å². The maximum absolute atomic E-state index is 13.7.